The Morgan fingerprint density at radius 3 is 3.12 bits per heavy atom. The summed E-state index contributed by atoms with van der Waals surface area (Å²) in [6.07, 6.45) is 5.44. The van der Waals surface area contributed by atoms with E-state index in [2.05, 4.69) is 11.1 Å². The summed E-state index contributed by atoms with van der Waals surface area (Å²) in [4.78, 5) is 4.12. The molecule has 4 heteroatoms. The summed E-state index contributed by atoms with van der Waals surface area (Å²) >= 11 is 1.55. The highest BCUT2D eigenvalue weighted by Gasteiger charge is 2.25. The molecule has 80 valence electrons. The third-order valence-electron chi connectivity index (χ3n) is 2.54. The minimum Gasteiger partial charge on any atom is -0.465 e. The van der Waals surface area contributed by atoms with E-state index in [9.17, 15) is 0 Å². The summed E-state index contributed by atoms with van der Waals surface area (Å²) in [7, 11) is 0. The Morgan fingerprint density at radius 2 is 2.19 bits per heavy atom. The summed E-state index contributed by atoms with van der Waals surface area (Å²) in [5, 5.41) is 0.784. The molecule has 0 bridgehead atoms. The first-order chi connectivity index (χ1) is 7.84. The Bertz CT molecular complexity index is 520. The molecule has 2 aliphatic rings. The molecule has 16 heavy (non-hydrogen) atoms. The molecule has 0 aromatic heterocycles. The van der Waals surface area contributed by atoms with Crippen molar-refractivity contribution in [2.24, 2.45) is 10.7 Å². The Labute approximate surface area is 97.7 Å². The van der Waals surface area contributed by atoms with Gasteiger partial charge in [0.25, 0.3) is 0 Å². The fourth-order valence-electron chi connectivity index (χ4n) is 1.79. The zero-order valence-corrected chi connectivity index (χ0v) is 9.28. The van der Waals surface area contributed by atoms with E-state index in [1.807, 2.05) is 24.3 Å². The number of nitrogens with two attached hydrogens (primary N) is 1. The smallest absolute Gasteiger partial charge is 0.159 e. The minimum atomic E-state index is 0.187. The van der Waals surface area contributed by atoms with Crippen molar-refractivity contribution in [3.63, 3.8) is 0 Å². The molecule has 3 nitrogen and oxygen atoms in total. The highest BCUT2D eigenvalue weighted by atomic mass is 32.2. The molecule has 2 N–H and O–H groups in total. The lowest BCUT2D eigenvalue weighted by Crippen LogP contribution is -2.13. The van der Waals surface area contributed by atoms with E-state index in [0.717, 1.165) is 16.9 Å². The van der Waals surface area contributed by atoms with Crippen LogP contribution in [0, 0.1) is 0 Å². The van der Waals surface area contributed by atoms with Crippen molar-refractivity contribution in [3.05, 3.63) is 53.9 Å². The monoisotopic (exact) mass is 230 g/mol. The third kappa shape index (κ3) is 1.51. The zero-order valence-electron chi connectivity index (χ0n) is 8.46. The quantitative estimate of drug-likeness (QED) is 0.745. The maximum atomic E-state index is 5.75. The minimum absolute atomic E-state index is 0.187. The fourth-order valence-corrected chi connectivity index (χ4v) is 2.74. The van der Waals surface area contributed by atoms with Crippen LogP contribution in [-0.4, -0.2) is 5.17 Å². The van der Waals surface area contributed by atoms with Crippen molar-refractivity contribution in [3.8, 4) is 5.75 Å². The molecule has 0 saturated heterocycles. The fraction of sp³-hybridized carbons (Fsp3) is 0.0833. The average molecular weight is 230 g/mol. The van der Waals surface area contributed by atoms with Crippen LogP contribution in [0.2, 0.25) is 0 Å². The van der Waals surface area contributed by atoms with Gasteiger partial charge in [-0.1, -0.05) is 30.0 Å². The number of rotatable bonds is 0. The van der Waals surface area contributed by atoms with E-state index in [0.29, 0.717) is 5.17 Å². The maximum Gasteiger partial charge on any atom is 0.159 e. The first-order valence-corrected chi connectivity index (χ1v) is 5.85. The number of fused-ring (bicyclic) bond motifs is 3. The van der Waals surface area contributed by atoms with Crippen LogP contribution in [0.4, 0.5) is 0 Å². The number of para-hydroxylation sites is 1. The first kappa shape index (κ1) is 9.54. The summed E-state index contributed by atoms with van der Waals surface area (Å²) in [6, 6.07) is 8.00. The standard InChI is InChI=1S/C12H10N2OS/c13-12-14-7-8-5-6-15-10-4-2-1-3-9(10)11(8)16-12/h1-7,11H,(H2,13,14). The Balaban J connectivity index is 2.13. The first-order valence-electron chi connectivity index (χ1n) is 4.97. The SMILES string of the molecule is NC1=NC=C2C=COc3ccccc3C2S1. The van der Waals surface area contributed by atoms with Crippen LogP contribution in [0.3, 0.4) is 0 Å². The van der Waals surface area contributed by atoms with Crippen LogP contribution in [0.5, 0.6) is 5.75 Å². The van der Waals surface area contributed by atoms with Crippen molar-refractivity contribution in [1.82, 2.24) is 0 Å². The number of nitrogens with zero attached hydrogens (tertiary/aromatic N) is 1. The van der Waals surface area contributed by atoms with Gasteiger partial charge in [0.05, 0.1) is 11.5 Å². The lowest BCUT2D eigenvalue weighted by molar-refractivity contribution is 0.479. The van der Waals surface area contributed by atoms with Crippen LogP contribution >= 0.6 is 11.8 Å². The van der Waals surface area contributed by atoms with Crippen LogP contribution in [0.25, 0.3) is 0 Å². The molecule has 2 aliphatic heterocycles. The van der Waals surface area contributed by atoms with Crippen molar-refractivity contribution < 1.29 is 4.74 Å². The van der Waals surface area contributed by atoms with Gasteiger partial charge in [-0.15, -0.1) is 0 Å². The molecule has 0 amide bonds. The topological polar surface area (TPSA) is 47.6 Å². The van der Waals surface area contributed by atoms with Crippen molar-refractivity contribution in [1.29, 1.82) is 0 Å². The van der Waals surface area contributed by atoms with E-state index in [-0.39, 0.29) is 5.25 Å². The molecular formula is C12H10N2OS. The lowest BCUT2D eigenvalue weighted by Gasteiger charge is -2.19. The van der Waals surface area contributed by atoms with Gasteiger partial charge in [0.1, 0.15) is 5.75 Å². The van der Waals surface area contributed by atoms with E-state index in [1.165, 1.54) is 0 Å². The average Bonchev–Trinajstić information content (AvgIpc) is 2.48. The Kier molecular flexibility index (Phi) is 2.22. The van der Waals surface area contributed by atoms with Crippen molar-refractivity contribution in [2.45, 2.75) is 5.25 Å². The number of ether oxygens (including phenoxy) is 1. The second-order valence-corrected chi connectivity index (χ2v) is 4.68. The molecule has 0 spiro atoms. The molecule has 1 aromatic rings. The Hall–Kier alpha value is -1.68. The second kappa shape index (κ2) is 3.72. The van der Waals surface area contributed by atoms with Gasteiger partial charge in [0.2, 0.25) is 0 Å². The third-order valence-corrected chi connectivity index (χ3v) is 3.65. The Morgan fingerprint density at radius 1 is 1.31 bits per heavy atom. The number of amidine groups is 1. The van der Waals surface area contributed by atoms with Gasteiger partial charge < -0.3 is 10.5 Å². The molecule has 0 aliphatic carbocycles. The van der Waals surface area contributed by atoms with E-state index in [1.54, 1.807) is 24.2 Å². The van der Waals surface area contributed by atoms with Crippen LogP contribution in [-0.2, 0) is 0 Å². The van der Waals surface area contributed by atoms with Gasteiger partial charge in [-0.25, -0.2) is 4.99 Å². The van der Waals surface area contributed by atoms with Crippen LogP contribution in [0.15, 0.2) is 53.4 Å². The molecule has 2 heterocycles. The predicted molar refractivity (Wildman–Crippen MR) is 66.2 cm³/mol. The number of allylic oxidation sites excluding steroid dienone is 1. The predicted octanol–water partition coefficient (Wildman–Crippen LogP) is 2.58. The van der Waals surface area contributed by atoms with Crippen LogP contribution < -0.4 is 10.5 Å². The van der Waals surface area contributed by atoms with E-state index >= 15 is 0 Å². The molecule has 3 rings (SSSR count). The second-order valence-electron chi connectivity index (χ2n) is 3.55. The molecular weight excluding hydrogens is 220 g/mol. The lowest BCUT2D eigenvalue weighted by atomic mass is 10.0. The van der Waals surface area contributed by atoms with Gasteiger partial charge in [0.15, 0.2) is 5.17 Å². The largest absolute Gasteiger partial charge is 0.465 e. The molecule has 1 atom stereocenters. The van der Waals surface area contributed by atoms with Gasteiger partial charge in [0, 0.05) is 11.8 Å². The molecule has 1 aromatic carbocycles. The summed E-state index contributed by atoms with van der Waals surface area (Å²) in [5.74, 6) is 0.884. The van der Waals surface area contributed by atoms with E-state index in [4.69, 9.17) is 10.5 Å². The van der Waals surface area contributed by atoms with Crippen molar-refractivity contribution >= 4 is 16.9 Å². The van der Waals surface area contributed by atoms with Gasteiger partial charge in [-0.05, 0) is 17.7 Å². The summed E-state index contributed by atoms with van der Waals surface area (Å²) in [6.45, 7) is 0. The molecule has 0 radical (unpaired) electrons. The maximum absolute atomic E-state index is 5.75. The summed E-state index contributed by atoms with van der Waals surface area (Å²) < 4.78 is 5.55. The zero-order chi connectivity index (χ0) is 11.0. The molecule has 0 saturated carbocycles. The number of benzene rings is 1. The molecule has 1 unspecified atom stereocenters. The van der Waals surface area contributed by atoms with Crippen LogP contribution in [0.1, 0.15) is 10.8 Å². The number of hydrogen-bond acceptors (Lipinski definition) is 4. The van der Waals surface area contributed by atoms with E-state index < -0.39 is 0 Å². The molecule has 0 fully saturated rings. The van der Waals surface area contributed by atoms with Gasteiger partial charge in [-0.2, -0.15) is 0 Å². The van der Waals surface area contributed by atoms with Gasteiger partial charge >= 0.3 is 0 Å². The number of hydrogen-bond donors (Lipinski definition) is 1. The highest BCUT2D eigenvalue weighted by Crippen LogP contribution is 2.44. The number of aliphatic imine (C=N–C) groups is 1. The highest BCUT2D eigenvalue weighted by molar-refractivity contribution is 8.14. The summed E-state index contributed by atoms with van der Waals surface area (Å²) in [5.41, 5.74) is 8.01. The number of thioether (sulfide) groups is 1. The van der Waals surface area contributed by atoms with Gasteiger partial charge in [-0.3, -0.25) is 0 Å². The normalized spacial score (nSPS) is 22.1. The van der Waals surface area contributed by atoms with Crippen molar-refractivity contribution in [2.75, 3.05) is 0 Å².